The molecule has 0 aliphatic heterocycles. The molecule has 0 aromatic rings. The summed E-state index contributed by atoms with van der Waals surface area (Å²) in [6, 6.07) is 0. The Morgan fingerprint density at radius 3 is 2.90 bits per heavy atom. The van der Waals surface area contributed by atoms with Gasteiger partial charge in [0.1, 0.15) is 5.76 Å². The average Bonchev–Trinajstić information content (AvgIpc) is 2.80. The van der Waals surface area contributed by atoms with E-state index < -0.39 is 0 Å². The maximum absolute atomic E-state index is 9.45. The highest BCUT2D eigenvalue weighted by Crippen LogP contribution is 2.61. The number of hydrogen-bond acceptors (Lipinski definition) is 2. The van der Waals surface area contributed by atoms with Gasteiger partial charge in [0.2, 0.25) is 0 Å². The normalized spacial score (nSPS) is 43.9. The first-order valence-electron chi connectivity index (χ1n) is 8.52. The Labute approximate surface area is 128 Å². The zero-order chi connectivity index (χ0) is 15.0. The highest BCUT2D eigenvalue weighted by atomic mass is 16.3. The van der Waals surface area contributed by atoms with Crippen LogP contribution in [-0.4, -0.2) is 5.11 Å². The molecule has 0 heterocycles. The molecule has 3 saturated carbocycles. The molecule has 2 heteroatoms. The van der Waals surface area contributed by atoms with Gasteiger partial charge >= 0.3 is 0 Å². The van der Waals surface area contributed by atoms with Gasteiger partial charge in [-0.05, 0) is 80.1 Å². The minimum atomic E-state index is 0.181. The second kappa shape index (κ2) is 5.55. The molecular formula is C19H29NO. The molecule has 0 spiro atoms. The van der Waals surface area contributed by atoms with Crippen molar-refractivity contribution in [2.24, 2.45) is 34.8 Å². The Kier molecular flexibility index (Phi) is 3.90. The van der Waals surface area contributed by atoms with Gasteiger partial charge in [-0.3, -0.25) is 0 Å². The van der Waals surface area contributed by atoms with Gasteiger partial charge in [-0.1, -0.05) is 25.2 Å². The first kappa shape index (κ1) is 14.7. The molecular weight excluding hydrogens is 258 g/mol. The lowest BCUT2D eigenvalue weighted by Crippen LogP contribution is -2.41. The van der Waals surface area contributed by atoms with Crippen LogP contribution in [-0.2, 0) is 0 Å². The molecule has 3 N–H and O–H groups in total. The van der Waals surface area contributed by atoms with Gasteiger partial charge in [0.25, 0.3) is 0 Å². The Morgan fingerprint density at radius 2 is 2.14 bits per heavy atom. The predicted molar refractivity (Wildman–Crippen MR) is 87.6 cm³/mol. The SMILES string of the molecule is C=C1CCC2C3CCC(C=C/C(O)=C\N)CC3CCC12C. The molecule has 0 aromatic carbocycles. The summed E-state index contributed by atoms with van der Waals surface area (Å²) in [6.45, 7) is 6.84. The molecule has 21 heavy (non-hydrogen) atoms. The summed E-state index contributed by atoms with van der Waals surface area (Å²) < 4.78 is 0. The predicted octanol–water partition coefficient (Wildman–Crippen LogP) is 4.70. The quantitative estimate of drug-likeness (QED) is 0.439. The summed E-state index contributed by atoms with van der Waals surface area (Å²) in [5.74, 6) is 3.46. The highest BCUT2D eigenvalue weighted by Gasteiger charge is 2.51. The monoisotopic (exact) mass is 287 g/mol. The van der Waals surface area contributed by atoms with E-state index in [1.165, 1.54) is 56.7 Å². The van der Waals surface area contributed by atoms with Gasteiger partial charge in [0, 0.05) is 6.20 Å². The van der Waals surface area contributed by atoms with Crippen molar-refractivity contribution in [3.63, 3.8) is 0 Å². The van der Waals surface area contributed by atoms with Crippen molar-refractivity contribution in [2.75, 3.05) is 0 Å². The number of aliphatic hydroxyl groups excluding tert-OH is 1. The Morgan fingerprint density at radius 1 is 1.33 bits per heavy atom. The van der Waals surface area contributed by atoms with Gasteiger partial charge in [-0.2, -0.15) is 0 Å². The number of rotatable bonds is 2. The van der Waals surface area contributed by atoms with E-state index >= 15 is 0 Å². The molecule has 0 aromatic heterocycles. The van der Waals surface area contributed by atoms with Crippen molar-refractivity contribution in [1.29, 1.82) is 0 Å². The number of aliphatic hydroxyl groups is 1. The number of fused-ring (bicyclic) bond motifs is 3. The second-order valence-electron chi connectivity index (χ2n) is 7.65. The van der Waals surface area contributed by atoms with Crippen molar-refractivity contribution in [3.8, 4) is 0 Å². The van der Waals surface area contributed by atoms with Crippen LogP contribution in [0.1, 0.15) is 51.9 Å². The minimum absolute atomic E-state index is 0.181. The van der Waals surface area contributed by atoms with E-state index in [0.717, 1.165) is 17.8 Å². The van der Waals surface area contributed by atoms with Gasteiger partial charge in [0.05, 0.1) is 0 Å². The van der Waals surface area contributed by atoms with E-state index in [1.807, 2.05) is 0 Å². The van der Waals surface area contributed by atoms with Crippen LogP contribution in [0.4, 0.5) is 0 Å². The third-order valence-electron chi connectivity index (χ3n) is 6.73. The molecule has 3 fully saturated rings. The van der Waals surface area contributed by atoms with Gasteiger partial charge in [0.15, 0.2) is 0 Å². The molecule has 0 bridgehead atoms. The molecule has 116 valence electrons. The van der Waals surface area contributed by atoms with E-state index in [2.05, 4.69) is 19.6 Å². The van der Waals surface area contributed by atoms with E-state index in [-0.39, 0.29) is 5.76 Å². The molecule has 0 saturated heterocycles. The van der Waals surface area contributed by atoms with Crippen LogP contribution in [0, 0.1) is 29.1 Å². The molecule has 3 aliphatic rings. The van der Waals surface area contributed by atoms with E-state index in [1.54, 1.807) is 6.08 Å². The highest BCUT2D eigenvalue weighted by molar-refractivity contribution is 5.20. The van der Waals surface area contributed by atoms with E-state index in [0.29, 0.717) is 11.3 Å². The fourth-order valence-corrected chi connectivity index (χ4v) is 5.38. The standard InChI is InChI=1S/C19H29NO/c1-13-3-8-18-17-7-5-14(4-6-16(21)12-20)11-15(17)9-10-19(13,18)2/h4,6,12,14-15,17-18,21H,1,3,5,7-11,20H2,2H3/b6-4?,16-12+. The van der Waals surface area contributed by atoms with Crippen LogP contribution >= 0.6 is 0 Å². The lowest BCUT2D eigenvalue weighted by atomic mass is 9.55. The van der Waals surface area contributed by atoms with Crippen molar-refractivity contribution in [1.82, 2.24) is 0 Å². The number of hydrogen-bond donors (Lipinski definition) is 2. The maximum Gasteiger partial charge on any atom is 0.130 e. The number of allylic oxidation sites excluding steroid dienone is 3. The Hall–Kier alpha value is -1.18. The molecule has 5 unspecified atom stereocenters. The zero-order valence-electron chi connectivity index (χ0n) is 13.2. The molecule has 0 amide bonds. The van der Waals surface area contributed by atoms with Crippen molar-refractivity contribution in [3.05, 3.63) is 36.3 Å². The molecule has 0 radical (unpaired) electrons. The van der Waals surface area contributed by atoms with Gasteiger partial charge in [-0.15, -0.1) is 0 Å². The first-order chi connectivity index (χ1) is 10.0. The lowest BCUT2D eigenvalue weighted by Gasteiger charge is -2.50. The topological polar surface area (TPSA) is 46.2 Å². The minimum Gasteiger partial charge on any atom is -0.506 e. The second-order valence-corrected chi connectivity index (χ2v) is 7.65. The summed E-state index contributed by atoms with van der Waals surface area (Å²) in [7, 11) is 0. The Bertz CT molecular complexity index is 478. The van der Waals surface area contributed by atoms with Gasteiger partial charge in [-0.25, -0.2) is 0 Å². The largest absolute Gasteiger partial charge is 0.506 e. The zero-order valence-corrected chi connectivity index (χ0v) is 13.2. The van der Waals surface area contributed by atoms with Crippen LogP contribution in [0.25, 0.3) is 0 Å². The fourth-order valence-electron chi connectivity index (χ4n) is 5.38. The average molecular weight is 287 g/mol. The van der Waals surface area contributed by atoms with E-state index in [4.69, 9.17) is 5.73 Å². The van der Waals surface area contributed by atoms with Crippen molar-refractivity contribution >= 4 is 0 Å². The fraction of sp³-hybridized carbons (Fsp3) is 0.684. The van der Waals surface area contributed by atoms with Crippen molar-refractivity contribution < 1.29 is 5.11 Å². The Balaban J connectivity index is 1.68. The van der Waals surface area contributed by atoms with Crippen LogP contribution in [0.2, 0.25) is 0 Å². The van der Waals surface area contributed by atoms with Crippen LogP contribution in [0.5, 0.6) is 0 Å². The molecule has 5 atom stereocenters. The third kappa shape index (κ3) is 2.54. The molecule has 3 aliphatic carbocycles. The van der Waals surface area contributed by atoms with Gasteiger partial charge < -0.3 is 10.8 Å². The molecule has 2 nitrogen and oxygen atoms in total. The summed E-state index contributed by atoms with van der Waals surface area (Å²) in [4.78, 5) is 0. The van der Waals surface area contributed by atoms with Crippen molar-refractivity contribution in [2.45, 2.75) is 51.9 Å². The number of nitrogens with two attached hydrogens (primary N) is 1. The lowest BCUT2D eigenvalue weighted by molar-refractivity contribution is 0.0214. The summed E-state index contributed by atoms with van der Waals surface area (Å²) in [5.41, 5.74) is 7.26. The summed E-state index contributed by atoms with van der Waals surface area (Å²) in [6.07, 6.45) is 14.4. The molecule has 3 rings (SSSR count). The summed E-state index contributed by atoms with van der Waals surface area (Å²) in [5, 5.41) is 9.45. The summed E-state index contributed by atoms with van der Waals surface area (Å²) >= 11 is 0. The first-order valence-corrected chi connectivity index (χ1v) is 8.52. The smallest absolute Gasteiger partial charge is 0.130 e. The van der Waals surface area contributed by atoms with Crippen LogP contribution in [0.3, 0.4) is 0 Å². The van der Waals surface area contributed by atoms with E-state index in [9.17, 15) is 5.11 Å². The maximum atomic E-state index is 9.45. The third-order valence-corrected chi connectivity index (χ3v) is 6.73. The van der Waals surface area contributed by atoms with Crippen LogP contribution < -0.4 is 5.73 Å². The van der Waals surface area contributed by atoms with Crippen LogP contribution in [0.15, 0.2) is 36.3 Å².